The zero-order chi connectivity index (χ0) is 31.4. The summed E-state index contributed by atoms with van der Waals surface area (Å²) in [5.74, 6) is -0.597. The predicted molar refractivity (Wildman–Crippen MR) is 172 cm³/mol. The third-order valence-corrected chi connectivity index (χ3v) is 8.46. The number of aromatic hydroxyl groups is 1. The maximum atomic E-state index is 12.9. The smallest absolute Gasteiger partial charge is 0.338 e. The molecule has 0 amide bonds. The quantitative estimate of drug-likeness (QED) is 0.110. The highest BCUT2D eigenvalue weighted by molar-refractivity contribution is 6.22. The first kappa shape index (κ1) is 31.1. The fourth-order valence-corrected chi connectivity index (χ4v) is 5.76. The normalized spacial score (nSPS) is 18.1. The molecule has 9 nitrogen and oxygen atoms in total. The Bertz CT molecular complexity index is 1650. The van der Waals surface area contributed by atoms with E-state index in [-0.39, 0.29) is 18.3 Å². The van der Waals surface area contributed by atoms with Gasteiger partial charge in [-0.2, -0.15) is 0 Å². The van der Waals surface area contributed by atoms with Gasteiger partial charge in [-0.25, -0.2) is 9.79 Å². The number of H-pyrrole nitrogens is 1. The van der Waals surface area contributed by atoms with Crippen molar-refractivity contribution in [3.05, 3.63) is 94.5 Å². The molecule has 44 heavy (non-hydrogen) atoms. The third kappa shape index (κ3) is 6.75. The standard InChI is InChI=1S/C35H40N4O5/c1-22-17-29-30(18-28(22)35(42)43-5)37-34(41)32(29)33(26-9-7-6-8-10-26)36-27-13-11-25(12-14-27)31(40)21-44-16-15-39-19-23(2)38(4)24(3)20-39/h6-14,17-18,23-24,37,41H,15-16,19-21H2,1-5H3/t23-,24+. The Morgan fingerprint density at radius 1 is 1.00 bits per heavy atom. The lowest BCUT2D eigenvalue weighted by Gasteiger charge is -2.42. The number of aromatic nitrogens is 1. The lowest BCUT2D eigenvalue weighted by molar-refractivity contribution is 0.0343. The topological polar surface area (TPSA) is 107 Å². The van der Waals surface area contributed by atoms with Crippen LogP contribution in [0.3, 0.4) is 0 Å². The number of aryl methyl sites for hydroxylation is 1. The van der Waals surface area contributed by atoms with Crippen molar-refractivity contribution in [2.45, 2.75) is 32.9 Å². The predicted octanol–water partition coefficient (Wildman–Crippen LogP) is 5.36. The molecule has 0 saturated carbocycles. The molecule has 3 aromatic carbocycles. The van der Waals surface area contributed by atoms with Crippen molar-refractivity contribution < 1.29 is 24.2 Å². The first-order valence-electron chi connectivity index (χ1n) is 14.9. The second-order valence-corrected chi connectivity index (χ2v) is 11.5. The number of aliphatic imine (C=N–C) groups is 1. The minimum Gasteiger partial charge on any atom is -0.494 e. The van der Waals surface area contributed by atoms with E-state index in [4.69, 9.17) is 14.5 Å². The number of fused-ring (bicyclic) bond motifs is 1. The summed E-state index contributed by atoms with van der Waals surface area (Å²) in [5.41, 5.74) is 4.76. The summed E-state index contributed by atoms with van der Waals surface area (Å²) in [6.07, 6.45) is 0. The summed E-state index contributed by atoms with van der Waals surface area (Å²) in [6.45, 7) is 9.61. The fourth-order valence-electron chi connectivity index (χ4n) is 5.76. The first-order chi connectivity index (χ1) is 21.2. The summed E-state index contributed by atoms with van der Waals surface area (Å²) in [6, 6.07) is 21.2. The van der Waals surface area contributed by atoms with E-state index in [2.05, 4.69) is 35.7 Å². The van der Waals surface area contributed by atoms with Gasteiger partial charge in [-0.05, 0) is 69.8 Å². The molecule has 2 N–H and O–H groups in total. The highest BCUT2D eigenvalue weighted by Gasteiger charge is 2.26. The van der Waals surface area contributed by atoms with Crippen LogP contribution in [0.1, 0.15) is 51.3 Å². The molecule has 4 aromatic rings. The van der Waals surface area contributed by atoms with Gasteiger partial charge >= 0.3 is 5.97 Å². The maximum Gasteiger partial charge on any atom is 0.338 e. The number of ether oxygens (including phenoxy) is 2. The number of carbonyl (C=O) groups is 2. The minimum atomic E-state index is -0.448. The third-order valence-electron chi connectivity index (χ3n) is 8.46. The van der Waals surface area contributed by atoms with Crippen LogP contribution in [0.5, 0.6) is 5.88 Å². The number of esters is 1. The number of ketones is 1. The monoisotopic (exact) mass is 596 g/mol. The van der Waals surface area contributed by atoms with E-state index in [0.29, 0.717) is 52.3 Å². The number of benzene rings is 3. The molecule has 0 spiro atoms. The van der Waals surface area contributed by atoms with E-state index >= 15 is 0 Å². The van der Waals surface area contributed by atoms with Crippen molar-refractivity contribution in [1.82, 2.24) is 14.8 Å². The van der Waals surface area contributed by atoms with Crippen molar-refractivity contribution in [2.24, 2.45) is 4.99 Å². The number of carbonyl (C=O) groups excluding carboxylic acids is 2. The van der Waals surface area contributed by atoms with Gasteiger partial charge in [-0.1, -0.05) is 30.3 Å². The average molecular weight is 597 g/mol. The molecule has 5 rings (SSSR count). The van der Waals surface area contributed by atoms with Gasteiger partial charge < -0.3 is 19.6 Å². The molecule has 2 atom stereocenters. The number of piperazine rings is 1. The summed E-state index contributed by atoms with van der Waals surface area (Å²) < 4.78 is 10.7. The van der Waals surface area contributed by atoms with Crippen LogP contribution in [0, 0.1) is 6.92 Å². The highest BCUT2D eigenvalue weighted by atomic mass is 16.5. The van der Waals surface area contributed by atoms with Gasteiger partial charge in [0.05, 0.1) is 36.2 Å². The fraction of sp³-hybridized carbons (Fsp3) is 0.343. The van der Waals surface area contributed by atoms with Crippen molar-refractivity contribution in [3.8, 4) is 5.88 Å². The lowest BCUT2D eigenvalue weighted by atomic mass is 9.98. The van der Waals surface area contributed by atoms with Crippen LogP contribution in [-0.2, 0) is 9.47 Å². The number of likely N-dealkylation sites (N-methyl/N-ethyl adjacent to an activating group) is 1. The van der Waals surface area contributed by atoms with Gasteiger partial charge in [-0.15, -0.1) is 0 Å². The molecule has 1 saturated heterocycles. The second kappa shape index (κ2) is 13.5. The van der Waals surface area contributed by atoms with E-state index in [9.17, 15) is 14.7 Å². The average Bonchev–Trinajstić information content (AvgIpc) is 3.34. The maximum absolute atomic E-state index is 12.9. The SMILES string of the molecule is COC(=O)c1cc2[nH]c(O)c(C(=Nc3ccc(C(=O)COCCN4C[C@@H](C)N(C)[C@@H](C)C4)cc3)c3ccccc3)c2cc1C. The van der Waals surface area contributed by atoms with Gasteiger partial charge in [0.2, 0.25) is 0 Å². The first-order valence-corrected chi connectivity index (χ1v) is 14.9. The van der Waals surface area contributed by atoms with Crippen molar-refractivity contribution in [2.75, 3.05) is 47.0 Å². The van der Waals surface area contributed by atoms with E-state index in [0.717, 1.165) is 36.1 Å². The van der Waals surface area contributed by atoms with E-state index in [1.807, 2.05) is 43.3 Å². The molecule has 1 aromatic heterocycles. The zero-order valence-electron chi connectivity index (χ0n) is 26.0. The number of hydrogen-bond acceptors (Lipinski definition) is 8. The highest BCUT2D eigenvalue weighted by Crippen LogP contribution is 2.33. The van der Waals surface area contributed by atoms with Crippen LogP contribution in [0.25, 0.3) is 10.9 Å². The summed E-state index contributed by atoms with van der Waals surface area (Å²) >= 11 is 0. The number of hydrogen-bond donors (Lipinski definition) is 2. The second-order valence-electron chi connectivity index (χ2n) is 11.5. The van der Waals surface area contributed by atoms with Crippen molar-refractivity contribution >= 4 is 34.1 Å². The van der Waals surface area contributed by atoms with Gasteiger partial charge in [0.1, 0.15) is 6.61 Å². The largest absolute Gasteiger partial charge is 0.494 e. The molecular weight excluding hydrogens is 556 g/mol. The van der Waals surface area contributed by atoms with Crippen LogP contribution >= 0.6 is 0 Å². The van der Waals surface area contributed by atoms with Gasteiger partial charge in [0.25, 0.3) is 0 Å². The molecular formula is C35H40N4O5. The number of rotatable bonds is 10. The molecule has 0 radical (unpaired) electrons. The number of methoxy groups -OCH3 is 1. The van der Waals surface area contributed by atoms with E-state index in [1.165, 1.54) is 7.11 Å². The number of aromatic amines is 1. The van der Waals surface area contributed by atoms with Gasteiger partial charge in [0.15, 0.2) is 11.7 Å². The van der Waals surface area contributed by atoms with Gasteiger partial charge in [-0.3, -0.25) is 14.6 Å². The summed E-state index contributed by atoms with van der Waals surface area (Å²) in [4.78, 5) is 37.8. The summed E-state index contributed by atoms with van der Waals surface area (Å²) in [5, 5.41) is 11.8. The Kier molecular flexibility index (Phi) is 9.58. The molecule has 2 heterocycles. The molecule has 230 valence electrons. The molecule has 0 bridgehead atoms. The summed E-state index contributed by atoms with van der Waals surface area (Å²) in [7, 11) is 3.50. The minimum absolute atomic E-state index is 0.0207. The Hall–Kier alpha value is -4.31. The van der Waals surface area contributed by atoms with Crippen LogP contribution in [0.2, 0.25) is 0 Å². The van der Waals surface area contributed by atoms with E-state index in [1.54, 1.807) is 30.3 Å². The number of Topliss-reactive ketones (excluding diaryl/α,β-unsaturated/α-hetero) is 1. The van der Waals surface area contributed by atoms with Crippen LogP contribution in [0.15, 0.2) is 71.7 Å². The van der Waals surface area contributed by atoms with Crippen LogP contribution in [-0.4, -0.2) is 96.4 Å². The van der Waals surface area contributed by atoms with Gasteiger partial charge in [0, 0.05) is 53.7 Å². The molecule has 1 aliphatic heterocycles. The Morgan fingerprint density at radius 3 is 2.34 bits per heavy atom. The van der Waals surface area contributed by atoms with Crippen LogP contribution in [0.4, 0.5) is 5.69 Å². The molecule has 0 aliphatic carbocycles. The molecule has 9 heteroatoms. The van der Waals surface area contributed by atoms with Crippen molar-refractivity contribution in [3.63, 3.8) is 0 Å². The number of nitrogens with one attached hydrogen (secondary N) is 1. The van der Waals surface area contributed by atoms with Crippen LogP contribution < -0.4 is 0 Å². The Morgan fingerprint density at radius 2 is 1.68 bits per heavy atom. The Labute approximate surface area is 258 Å². The Balaban J connectivity index is 1.33. The number of nitrogens with zero attached hydrogens (tertiary/aromatic N) is 3. The van der Waals surface area contributed by atoms with Crippen molar-refractivity contribution in [1.29, 1.82) is 0 Å². The van der Waals surface area contributed by atoms with E-state index < -0.39 is 5.97 Å². The molecule has 1 aliphatic rings. The molecule has 0 unspecified atom stereocenters. The lowest BCUT2D eigenvalue weighted by Crippen LogP contribution is -2.55. The zero-order valence-corrected chi connectivity index (χ0v) is 26.0. The molecule has 1 fully saturated rings.